The van der Waals surface area contributed by atoms with E-state index in [0.717, 1.165) is 0 Å². The summed E-state index contributed by atoms with van der Waals surface area (Å²) in [5.41, 5.74) is 5.42. The van der Waals surface area contributed by atoms with Gasteiger partial charge in [-0.2, -0.15) is 0 Å². The summed E-state index contributed by atoms with van der Waals surface area (Å²) in [5.74, 6) is -2.33. The number of nitrogen functional groups attached to an aromatic ring is 1. The van der Waals surface area contributed by atoms with Crippen molar-refractivity contribution in [1.82, 2.24) is 0 Å². The number of ether oxygens (including phenoxy) is 1. The van der Waals surface area contributed by atoms with Crippen molar-refractivity contribution in [3.05, 3.63) is 23.8 Å². The zero-order valence-electron chi connectivity index (χ0n) is 8.51. The van der Waals surface area contributed by atoms with E-state index in [9.17, 15) is 9.59 Å². The molecule has 1 atom stereocenters. The number of hydrogen-bond acceptors (Lipinski definition) is 5. The van der Waals surface area contributed by atoms with Gasteiger partial charge in [0.25, 0.3) is 0 Å². The SMILES string of the molecule is CC(O)C(=O)Oc1ccc(N)cc1C(=O)O. The number of hydrogen-bond donors (Lipinski definition) is 3. The Morgan fingerprint density at radius 1 is 1.44 bits per heavy atom. The van der Waals surface area contributed by atoms with E-state index in [0.29, 0.717) is 0 Å². The molecule has 0 fully saturated rings. The standard InChI is InChI=1S/C10H11NO5/c1-5(12)10(15)16-8-3-2-6(11)4-7(8)9(13)14/h2-5,12H,11H2,1H3,(H,13,14). The highest BCUT2D eigenvalue weighted by molar-refractivity contribution is 5.93. The number of aromatic carboxylic acids is 1. The fourth-order valence-corrected chi connectivity index (χ4v) is 0.997. The molecule has 0 bridgehead atoms. The second kappa shape index (κ2) is 4.63. The molecule has 1 aromatic carbocycles. The number of carbonyl (C=O) groups is 2. The molecule has 0 saturated carbocycles. The molecule has 0 saturated heterocycles. The third-order valence-corrected chi connectivity index (χ3v) is 1.79. The van der Waals surface area contributed by atoms with Crippen molar-refractivity contribution in [2.75, 3.05) is 5.73 Å². The third kappa shape index (κ3) is 2.71. The second-order valence-corrected chi connectivity index (χ2v) is 3.16. The molecule has 86 valence electrons. The van der Waals surface area contributed by atoms with Gasteiger partial charge in [0.2, 0.25) is 0 Å². The van der Waals surface area contributed by atoms with Crippen LogP contribution in [0.2, 0.25) is 0 Å². The van der Waals surface area contributed by atoms with E-state index in [1.165, 1.54) is 25.1 Å². The maximum atomic E-state index is 11.1. The number of aliphatic hydroxyl groups is 1. The molecule has 1 rings (SSSR count). The van der Waals surface area contributed by atoms with Crippen molar-refractivity contribution in [3.8, 4) is 5.75 Å². The number of benzene rings is 1. The van der Waals surface area contributed by atoms with Crippen molar-refractivity contribution in [2.24, 2.45) is 0 Å². The molecule has 0 aliphatic rings. The number of carbonyl (C=O) groups excluding carboxylic acids is 1. The number of esters is 1. The molecule has 0 radical (unpaired) electrons. The average molecular weight is 225 g/mol. The summed E-state index contributed by atoms with van der Waals surface area (Å²) in [6.07, 6.45) is -1.32. The Morgan fingerprint density at radius 2 is 2.06 bits per heavy atom. The van der Waals surface area contributed by atoms with Gasteiger partial charge in [0.05, 0.1) is 0 Å². The first-order valence-corrected chi connectivity index (χ1v) is 4.44. The van der Waals surface area contributed by atoms with Crippen molar-refractivity contribution < 1.29 is 24.5 Å². The topological polar surface area (TPSA) is 110 Å². The van der Waals surface area contributed by atoms with Crippen LogP contribution in [0.3, 0.4) is 0 Å². The first kappa shape index (κ1) is 12.0. The van der Waals surface area contributed by atoms with Crippen LogP contribution in [-0.4, -0.2) is 28.3 Å². The van der Waals surface area contributed by atoms with Gasteiger partial charge in [0.15, 0.2) is 0 Å². The Balaban J connectivity index is 3.04. The number of nitrogens with two attached hydrogens (primary N) is 1. The van der Waals surface area contributed by atoms with Gasteiger partial charge in [-0.1, -0.05) is 0 Å². The first-order valence-electron chi connectivity index (χ1n) is 4.44. The zero-order chi connectivity index (χ0) is 12.3. The van der Waals surface area contributed by atoms with Crippen molar-refractivity contribution in [1.29, 1.82) is 0 Å². The smallest absolute Gasteiger partial charge is 0.340 e. The van der Waals surface area contributed by atoms with E-state index in [1.54, 1.807) is 0 Å². The van der Waals surface area contributed by atoms with Gasteiger partial charge < -0.3 is 20.7 Å². The van der Waals surface area contributed by atoms with Crippen molar-refractivity contribution in [2.45, 2.75) is 13.0 Å². The fourth-order valence-electron chi connectivity index (χ4n) is 0.997. The van der Waals surface area contributed by atoms with E-state index in [4.69, 9.17) is 20.7 Å². The summed E-state index contributed by atoms with van der Waals surface area (Å²) < 4.78 is 4.70. The van der Waals surface area contributed by atoms with Gasteiger partial charge in [-0.3, -0.25) is 0 Å². The molecule has 4 N–H and O–H groups in total. The molecular formula is C10H11NO5. The molecule has 0 aliphatic carbocycles. The molecule has 0 aromatic heterocycles. The molecule has 1 aromatic rings. The highest BCUT2D eigenvalue weighted by Gasteiger charge is 2.17. The minimum Gasteiger partial charge on any atom is -0.478 e. The highest BCUT2D eigenvalue weighted by atomic mass is 16.5. The van der Waals surface area contributed by atoms with Crippen molar-refractivity contribution >= 4 is 17.6 Å². The largest absolute Gasteiger partial charge is 0.478 e. The lowest BCUT2D eigenvalue weighted by Crippen LogP contribution is -2.23. The Kier molecular flexibility index (Phi) is 3.47. The third-order valence-electron chi connectivity index (χ3n) is 1.79. The van der Waals surface area contributed by atoms with Crippen LogP contribution in [-0.2, 0) is 4.79 Å². The van der Waals surface area contributed by atoms with E-state index in [2.05, 4.69) is 0 Å². The summed E-state index contributed by atoms with van der Waals surface area (Å²) in [4.78, 5) is 21.9. The lowest BCUT2D eigenvalue weighted by Gasteiger charge is -2.09. The predicted molar refractivity (Wildman–Crippen MR) is 55.1 cm³/mol. The quantitative estimate of drug-likeness (QED) is 0.386. The monoisotopic (exact) mass is 225 g/mol. The summed E-state index contributed by atoms with van der Waals surface area (Å²) >= 11 is 0. The molecule has 0 aliphatic heterocycles. The number of carboxylic acid groups (broad SMARTS) is 1. The summed E-state index contributed by atoms with van der Waals surface area (Å²) in [6.45, 7) is 1.22. The van der Waals surface area contributed by atoms with Crippen LogP contribution in [0.4, 0.5) is 5.69 Å². The molecule has 6 heteroatoms. The molecule has 0 amide bonds. The lowest BCUT2D eigenvalue weighted by molar-refractivity contribution is -0.142. The Labute approximate surface area is 91.3 Å². The number of anilines is 1. The maximum Gasteiger partial charge on any atom is 0.340 e. The average Bonchev–Trinajstić information content (AvgIpc) is 2.20. The van der Waals surface area contributed by atoms with Gasteiger partial charge in [-0.25, -0.2) is 9.59 Å². The predicted octanol–water partition coefficient (Wildman–Crippen LogP) is 0.253. The summed E-state index contributed by atoms with van der Waals surface area (Å²) in [6, 6.07) is 3.84. The van der Waals surface area contributed by atoms with E-state index in [1.807, 2.05) is 0 Å². The lowest BCUT2D eigenvalue weighted by atomic mass is 10.2. The Bertz CT molecular complexity index is 427. The molecule has 0 heterocycles. The van der Waals surface area contributed by atoms with Crippen LogP contribution >= 0.6 is 0 Å². The van der Waals surface area contributed by atoms with E-state index in [-0.39, 0.29) is 17.0 Å². The number of carboxylic acids is 1. The summed E-state index contributed by atoms with van der Waals surface area (Å²) in [7, 11) is 0. The van der Waals surface area contributed by atoms with Crippen molar-refractivity contribution in [3.63, 3.8) is 0 Å². The van der Waals surface area contributed by atoms with Gasteiger partial charge in [-0.15, -0.1) is 0 Å². The maximum absolute atomic E-state index is 11.1. The molecule has 6 nitrogen and oxygen atoms in total. The van der Waals surface area contributed by atoms with Gasteiger partial charge in [0.1, 0.15) is 17.4 Å². The molecule has 0 spiro atoms. The Morgan fingerprint density at radius 3 is 2.56 bits per heavy atom. The van der Waals surface area contributed by atoms with Crippen LogP contribution in [0.1, 0.15) is 17.3 Å². The van der Waals surface area contributed by atoms with E-state index < -0.39 is 18.0 Å². The highest BCUT2D eigenvalue weighted by Crippen LogP contribution is 2.21. The normalized spacial score (nSPS) is 11.9. The minimum absolute atomic E-state index is 0.146. The van der Waals surface area contributed by atoms with Crippen LogP contribution in [0, 0.1) is 0 Å². The summed E-state index contributed by atoms with van der Waals surface area (Å²) in [5, 5.41) is 17.8. The van der Waals surface area contributed by atoms with Crippen LogP contribution < -0.4 is 10.5 Å². The van der Waals surface area contributed by atoms with Crippen LogP contribution in [0.5, 0.6) is 5.75 Å². The Hall–Kier alpha value is -2.08. The van der Waals surface area contributed by atoms with Crippen LogP contribution in [0.15, 0.2) is 18.2 Å². The molecule has 16 heavy (non-hydrogen) atoms. The number of aliphatic hydroxyl groups excluding tert-OH is 1. The van der Waals surface area contributed by atoms with Gasteiger partial charge in [0, 0.05) is 5.69 Å². The zero-order valence-corrected chi connectivity index (χ0v) is 8.51. The second-order valence-electron chi connectivity index (χ2n) is 3.16. The van der Waals surface area contributed by atoms with E-state index >= 15 is 0 Å². The fraction of sp³-hybridized carbons (Fsp3) is 0.200. The number of rotatable bonds is 3. The first-order chi connectivity index (χ1) is 7.41. The van der Waals surface area contributed by atoms with Crippen LogP contribution in [0.25, 0.3) is 0 Å². The molecule has 1 unspecified atom stereocenters. The van der Waals surface area contributed by atoms with Gasteiger partial charge in [-0.05, 0) is 25.1 Å². The van der Waals surface area contributed by atoms with Gasteiger partial charge >= 0.3 is 11.9 Å². The molecular weight excluding hydrogens is 214 g/mol. The minimum atomic E-state index is -1.32.